The van der Waals surface area contributed by atoms with Crippen molar-refractivity contribution in [3.8, 4) is 5.75 Å². The highest BCUT2D eigenvalue weighted by molar-refractivity contribution is 6.43. The van der Waals surface area contributed by atoms with Crippen molar-refractivity contribution in [1.29, 1.82) is 0 Å². The largest absolute Gasteiger partial charge is 0.497 e. The molecule has 3 aromatic rings. The number of benzene rings is 2. The first-order valence-corrected chi connectivity index (χ1v) is 8.31. The molecule has 0 saturated heterocycles. The minimum atomic E-state index is -0.366. The zero-order chi connectivity index (χ0) is 18.5. The Balaban J connectivity index is 1.68. The molecule has 0 aliphatic carbocycles. The Morgan fingerprint density at radius 1 is 1.04 bits per heavy atom. The third-order valence-electron chi connectivity index (χ3n) is 3.45. The zero-order valence-corrected chi connectivity index (χ0v) is 15.2. The summed E-state index contributed by atoms with van der Waals surface area (Å²) in [7, 11) is 1.58. The lowest BCUT2D eigenvalue weighted by Gasteiger charge is -2.09. The van der Waals surface area contributed by atoms with Gasteiger partial charge in [0, 0.05) is 5.69 Å². The second kappa shape index (κ2) is 8.03. The van der Waals surface area contributed by atoms with Crippen LogP contribution in [0, 0.1) is 0 Å². The van der Waals surface area contributed by atoms with Crippen LogP contribution in [0.1, 0.15) is 10.5 Å². The Morgan fingerprint density at radius 2 is 1.81 bits per heavy atom. The molecule has 0 unspecified atom stereocenters. The number of halogens is 2. The Hall–Kier alpha value is -2.83. The summed E-state index contributed by atoms with van der Waals surface area (Å²) in [5.41, 5.74) is 1.41. The molecule has 0 atom stereocenters. The van der Waals surface area contributed by atoms with E-state index in [1.54, 1.807) is 49.6 Å². The van der Waals surface area contributed by atoms with Crippen LogP contribution in [0.4, 0.5) is 17.2 Å². The van der Waals surface area contributed by atoms with E-state index in [0.717, 1.165) is 0 Å². The first kappa shape index (κ1) is 18.0. The molecule has 6 nitrogen and oxygen atoms in total. The van der Waals surface area contributed by atoms with Crippen molar-refractivity contribution in [2.45, 2.75) is 0 Å². The quantitative estimate of drug-likeness (QED) is 0.656. The van der Waals surface area contributed by atoms with E-state index in [4.69, 9.17) is 27.9 Å². The van der Waals surface area contributed by atoms with Gasteiger partial charge in [-0.1, -0.05) is 29.3 Å². The number of nitrogens with one attached hydrogen (secondary N) is 2. The van der Waals surface area contributed by atoms with Crippen molar-refractivity contribution in [1.82, 2.24) is 9.97 Å². The molecule has 2 N–H and O–H groups in total. The molecule has 3 rings (SSSR count). The van der Waals surface area contributed by atoms with E-state index in [1.807, 2.05) is 0 Å². The third kappa shape index (κ3) is 4.22. The number of methoxy groups -OCH3 is 1. The molecular formula is C18H14Cl2N4O2. The molecule has 0 bridgehead atoms. The molecule has 0 aliphatic rings. The van der Waals surface area contributed by atoms with Gasteiger partial charge < -0.3 is 15.4 Å². The molecule has 0 aliphatic heterocycles. The van der Waals surface area contributed by atoms with Gasteiger partial charge in [0.2, 0.25) is 0 Å². The van der Waals surface area contributed by atoms with E-state index >= 15 is 0 Å². The standard InChI is InChI=1S/C18H14Cl2N4O2/c1-26-12-7-5-11(6-8-12)23-18(25)15-9-22-16(10-21-15)24-14-4-2-3-13(19)17(14)20/h2-10H,1H3,(H,22,24)(H,23,25). The highest BCUT2D eigenvalue weighted by Gasteiger charge is 2.10. The first-order chi connectivity index (χ1) is 12.6. The fraction of sp³-hybridized carbons (Fsp3) is 0.0556. The molecule has 0 fully saturated rings. The number of carbonyl (C=O) groups is 1. The van der Waals surface area contributed by atoms with Crippen molar-refractivity contribution in [2.24, 2.45) is 0 Å². The van der Waals surface area contributed by atoms with E-state index in [1.165, 1.54) is 12.4 Å². The first-order valence-electron chi connectivity index (χ1n) is 7.55. The summed E-state index contributed by atoms with van der Waals surface area (Å²) >= 11 is 12.1. The molecule has 1 aromatic heterocycles. The number of nitrogens with zero attached hydrogens (tertiary/aromatic N) is 2. The van der Waals surface area contributed by atoms with Crippen LogP contribution in [0.2, 0.25) is 10.0 Å². The average molecular weight is 389 g/mol. The highest BCUT2D eigenvalue weighted by atomic mass is 35.5. The van der Waals surface area contributed by atoms with Gasteiger partial charge >= 0.3 is 0 Å². The highest BCUT2D eigenvalue weighted by Crippen LogP contribution is 2.31. The van der Waals surface area contributed by atoms with Crippen molar-refractivity contribution in [3.63, 3.8) is 0 Å². The summed E-state index contributed by atoms with van der Waals surface area (Å²) in [4.78, 5) is 20.5. The summed E-state index contributed by atoms with van der Waals surface area (Å²) in [6, 6.07) is 12.2. The minimum absolute atomic E-state index is 0.184. The Kier molecular flexibility index (Phi) is 5.55. The lowest BCUT2D eigenvalue weighted by molar-refractivity contribution is 0.102. The van der Waals surface area contributed by atoms with Crippen molar-refractivity contribution >= 4 is 46.3 Å². The number of carbonyl (C=O) groups excluding carboxylic acids is 1. The maximum Gasteiger partial charge on any atom is 0.275 e. The number of anilines is 3. The molecule has 1 heterocycles. The maximum absolute atomic E-state index is 12.2. The van der Waals surface area contributed by atoms with E-state index in [-0.39, 0.29) is 11.6 Å². The number of ether oxygens (including phenoxy) is 1. The van der Waals surface area contributed by atoms with Crippen molar-refractivity contribution in [3.05, 3.63) is 70.6 Å². The summed E-state index contributed by atoms with van der Waals surface area (Å²) in [6.45, 7) is 0. The number of hydrogen-bond acceptors (Lipinski definition) is 5. The van der Waals surface area contributed by atoms with Gasteiger partial charge in [-0.25, -0.2) is 9.97 Å². The van der Waals surface area contributed by atoms with Gasteiger partial charge in [-0.15, -0.1) is 0 Å². The molecule has 8 heteroatoms. The summed E-state index contributed by atoms with van der Waals surface area (Å²) in [6.07, 6.45) is 2.82. The van der Waals surface area contributed by atoms with E-state index in [9.17, 15) is 4.79 Å². The number of aromatic nitrogens is 2. The molecule has 2 aromatic carbocycles. The number of rotatable bonds is 5. The van der Waals surface area contributed by atoms with Crippen LogP contribution in [-0.2, 0) is 0 Å². The van der Waals surface area contributed by atoms with Gasteiger partial charge in [0.1, 0.15) is 17.3 Å². The summed E-state index contributed by atoms with van der Waals surface area (Å²) in [5.74, 6) is 0.781. The minimum Gasteiger partial charge on any atom is -0.497 e. The van der Waals surface area contributed by atoms with E-state index < -0.39 is 0 Å². The monoisotopic (exact) mass is 388 g/mol. The topological polar surface area (TPSA) is 76.1 Å². The van der Waals surface area contributed by atoms with Gasteiger partial charge in [0.15, 0.2) is 0 Å². The predicted octanol–water partition coefficient (Wildman–Crippen LogP) is 4.79. The van der Waals surface area contributed by atoms with Gasteiger partial charge in [-0.05, 0) is 36.4 Å². The van der Waals surface area contributed by atoms with E-state index in [0.29, 0.717) is 33.0 Å². The fourth-order valence-electron chi connectivity index (χ4n) is 2.12. The van der Waals surface area contributed by atoms with Gasteiger partial charge in [0.05, 0.1) is 35.2 Å². The van der Waals surface area contributed by atoms with Gasteiger partial charge in [-0.2, -0.15) is 0 Å². The van der Waals surface area contributed by atoms with Crippen LogP contribution < -0.4 is 15.4 Å². The second-order valence-corrected chi connectivity index (χ2v) is 5.98. The molecule has 0 radical (unpaired) electrons. The summed E-state index contributed by atoms with van der Waals surface area (Å²) in [5, 5.41) is 6.56. The molecule has 0 spiro atoms. The van der Waals surface area contributed by atoms with Crippen LogP contribution in [0.5, 0.6) is 5.75 Å². The molecule has 132 valence electrons. The Morgan fingerprint density at radius 3 is 2.46 bits per heavy atom. The molecule has 26 heavy (non-hydrogen) atoms. The molecule has 0 saturated carbocycles. The van der Waals surface area contributed by atoms with Crippen molar-refractivity contribution in [2.75, 3.05) is 17.7 Å². The van der Waals surface area contributed by atoms with Crippen molar-refractivity contribution < 1.29 is 9.53 Å². The Labute approximate surface area is 160 Å². The van der Waals surface area contributed by atoms with E-state index in [2.05, 4.69) is 20.6 Å². The lowest BCUT2D eigenvalue weighted by Crippen LogP contribution is -2.14. The SMILES string of the molecule is COc1ccc(NC(=O)c2cnc(Nc3cccc(Cl)c3Cl)cn2)cc1. The smallest absolute Gasteiger partial charge is 0.275 e. The van der Waals surface area contributed by atoms with Crippen LogP contribution in [-0.4, -0.2) is 23.0 Å². The molecular weight excluding hydrogens is 375 g/mol. The van der Waals surface area contributed by atoms with Crippen LogP contribution in [0.15, 0.2) is 54.9 Å². The fourth-order valence-corrected chi connectivity index (χ4v) is 2.47. The molecule has 1 amide bonds. The van der Waals surface area contributed by atoms with Crippen LogP contribution in [0.25, 0.3) is 0 Å². The van der Waals surface area contributed by atoms with Crippen LogP contribution >= 0.6 is 23.2 Å². The average Bonchev–Trinajstić information content (AvgIpc) is 2.66. The van der Waals surface area contributed by atoms with Gasteiger partial charge in [0.25, 0.3) is 5.91 Å². The Bertz CT molecular complexity index is 915. The third-order valence-corrected chi connectivity index (χ3v) is 4.27. The van der Waals surface area contributed by atoms with Crippen LogP contribution in [0.3, 0.4) is 0 Å². The summed E-state index contributed by atoms with van der Waals surface area (Å²) < 4.78 is 5.08. The number of hydrogen-bond donors (Lipinski definition) is 2. The number of amides is 1. The van der Waals surface area contributed by atoms with Gasteiger partial charge in [-0.3, -0.25) is 4.79 Å². The lowest BCUT2D eigenvalue weighted by atomic mass is 10.3. The normalized spacial score (nSPS) is 10.3. The predicted molar refractivity (Wildman–Crippen MR) is 103 cm³/mol. The second-order valence-electron chi connectivity index (χ2n) is 5.20. The zero-order valence-electron chi connectivity index (χ0n) is 13.7. The maximum atomic E-state index is 12.2.